The molecule has 0 aromatic heterocycles. The van der Waals surface area contributed by atoms with Gasteiger partial charge in [0, 0.05) is 6.04 Å². The summed E-state index contributed by atoms with van der Waals surface area (Å²) in [6.07, 6.45) is 5.68. The van der Waals surface area contributed by atoms with E-state index in [1.807, 2.05) is 13.1 Å². The highest BCUT2D eigenvalue weighted by molar-refractivity contribution is 6.30. The van der Waals surface area contributed by atoms with Crippen LogP contribution in [0.2, 0.25) is 5.02 Å². The predicted molar refractivity (Wildman–Crippen MR) is 81.3 cm³/mol. The Morgan fingerprint density at radius 1 is 1.21 bits per heavy atom. The van der Waals surface area contributed by atoms with Gasteiger partial charge in [0.2, 0.25) is 0 Å². The first-order chi connectivity index (χ1) is 9.12. The summed E-state index contributed by atoms with van der Waals surface area (Å²) in [7, 11) is 2.00. The zero-order valence-electron chi connectivity index (χ0n) is 12.2. The van der Waals surface area contributed by atoms with Crippen molar-refractivity contribution in [3.8, 4) is 0 Å². The van der Waals surface area contributed by atoms with E-state index in [-0.39, 0.29) is 10.8 Å². The molecule has 1 N–H and O–H groups in total. The van der Waals surface area contributed by atoms with Crippen molar-refractivity contribution in [2.45, 2.75) is 52.0 Å². The van der Waals surface area contributed by atoms with Gasteiger partial charge in [-0.1, -0.05) is 44.4 Å². The molecule has 0 fully saturated rings. The maximum atomic E-state index is 13.5. The minimum absolute atomic E-state index is 0.198. The second-order valence-electron chi connectivity index (χ2n) is 5.19. The summed E-state index contributed by atoms with van der Waals surface area (Å²) >= 11 is 5.72. The van der Waals surface area contributed by atoms with Gasteiger partial charge in [0.1, 0.15) is 5.82 Å². The largest absolute Gasteiger partial charge is 0.316 e. The number of halogens is 2. The molecule has 1 aromatic rings. The molecule has 0 amide bonds. The molecule has 3 heteroatoms. The highest BCUT2D eigenvalue weighted by Crippen LogP contribution is 2.22. The van der Waals surface area contributed by atoms with E-state index in [1.165, 1.54) is 25.7 Å². The van der Waals surface area contributed by atoms with Gasteiger partial charge < -0.3 is 5.32 Å². The molecule has 1 unspecified atom stereocenters. The molecule has 108 valence electrons. The van der Waals surface area contributed by atoms with Crippen LogP contribution >= 0.6 is 11.6 Å². The van der Waals surface area contributed by atoms with Crippen LogP contribution in [0.4, 0.5) is 4.39 Å². The zero-order chi connectivity index (χ0) is 14.3. The summed E-state index contributed by atoms with van der Waals surface area (Å²) in [4.78, 5) is 0. The third-order valence-corrected chi connectivity index (χ3v) is 4.00. The molecule has 19 heavy (non-hydrogen) atoms. The topological polar surface area (TPSA) is 12.0 Å². The lowest BCUT2D eigenvalue weighted by Gasteiger charge is -2.26. The molecule has 1 aromatic carbocycles. The molecule has 0 bridgehead atoms. The minimum atomic E-state index is -0.323. The minimum Gasteiger partial charge on any atom is -0.316 e. The maximum absolute atomic E-state index is 13.5. The van der Waals surface area contributed by atoms with Crippen LogP contribution in [0.1, 0.15) is 45.1 Å². The van der Waals surface area contributed by atoms with Crippen molar-refractivity contribution in [3.05, 3.63) is 34.6 Å². The molecular formula is C16H25ClFN. The van der Waals surface area contributed by atoms with Gasteiger partial charge in [-0.15, -0.1) is 0 Å². The number of benzene rings is 1. The first-order valence-electron chi connectivity index (χ1n) is 7.23. The lowest BCUT2D eigenvalue weighted by molar-refractivity contribution is 0.322. The van der Waals surface area contributed by atoms with E-state index in [0.29, 0.717) is 12.0 Å². The number of hydrogen-bond acceptors (Lipinski definition) is 1. The average Bonchev–Trinajstić information content (AvgIpc) is 2.40. The van der Waals surface area contributed by atoms with Crippen molar-refractivity contribution in [1.29, 1.82) is 0 Å². The van der Waals surface area contributed by atoms with E-state index in [0.717, 1.165) is 12.0 Å². The molecule has 0 aliphatic rings. The van der Waals surface area contributed by atoms with Crippen molar-refractivity contribution in [2.24, 2.45) is 5.92 Å². The standard InChI is InChI=1S/C16H25ClFN/c1-4-6-13(7-5-2)16(19-3)11-12-8-9-14(17)15(18)10-12/h8-10,13,16,19H,4-7,11H2,1-3H3. The summed E-state index contributed by atoms with van der Waals surface area (Å²) in [6, 6.07) is 5.53. The summed E-state index contributed by atoms with van der Waals surface area (Å²) in [5, 5.41) is 3.60. The lowest BCUT2D eigenvalue weighted by atomic mass is 9.87. The number of likely N-dealkylation sites (N-methyl/N-ethyl adjacent to an activating group) is 1. The van der Waals surface area contributed by atoms with Gasteiger partial charge in [0.15, 0.2) is 0 Å². The Morgan fingerprint density at radius 2 is 1.84 bits per heavy atom. The zero-order valence-corrected chi connectivity index (χ0v) is 12.9. The first kappa shape index (κ1) is 16.5. The Hall–Kier alpha value is -0.600. The van der Waals surface area contributed by atoms with E-state index in [9.17, 15) is 4.39 Å². The van der Waals surface area contributed by atoms with Crippen molar-refractivity contribution in [2.75, 3.05) is 7.05 Å². The molecular weight excluding hydrogens is 261 g/mol. The third kappa shape index (κ3) is 5.12. The second kappa shape index (κ2) is 8.55. The van der Waals surface area contributed by atoms with Gasteiger partial charge in [0.25, 0.3) is 0 Å². The smallest absolute Gasteiger partial charge is 0.142 e. The van der Waals surface area contributed by atoms with Crippen molar-refractivity contribution < 1.29 is 4.39 Å². The molecule has 0 heterocycles. The molecule has 1 atom stereocenters. The Labute approximate surface area is 121 Å². The summed E-state index contributed by atoms with van der Waals surface area (Å²) < 4.78 is 13.5. The second-order valence-corrected chi connectivity index (χ2v) is 5.59. The van der Waals surface area contributed by atoms with E-state index >= 15 is 0 Å². The Morgan fingerprint density at radius 3 is 2.32 bits per heavy atom. The molecule has 0 aliphatic carbocycles. The Bertz CT molecular complexity index is 375. The highest BCUT2D eigenvalue weighted by Gasteiger charge is 2.19. The summed E-state index contributed by atoms with van der Waals surface area (Å²) in [5.74, 6) is 0.329. The quantitative estimate of drug-likeness (QED) is 0.722. The fourth-order valence-corrected chi connectivity index (χ4v) is 2.83. The van der Waals surface area contributed by atoms with Crippen LogP contribution in [0, 0.1) is 11.7 Å². The van der Waals surface area contributed by atoms with Gasteiger partial charge in [0.05, 0.1) is 5.02 Å². The fraction of sp³-hybridized carbons (Fsp3) is 0.625. The van der Waals surface area contributed by atoms with Crippen LogP contribution in [0.25, 0.3) is 0 Å². The van der Waals surface area contributed by atoms with Gasteiger partial charge in [-0.2, -0.15) is 0 Å². The maximum Gasteiger partial charge on any atom is 0.142 e. The van der Waals surface area contributed by atoms with Gasteiger partial charge in [-0.3, -0.25) is 0 Å². The molecule has 0 saturated heterocycles. The normalized spacial score (nSPS) is 12.9. The van der Waals surface area contributed by atoms with Gasteiger partial charge in [-0.25, -0.2) is 4.39 Å². The molecule has 0 radical (unpaired) electrons. The Kier molecular flexibility index (Phi) is 7.40. The van der Waals surface area contributed by atoms with Crippen LogP contribution in [0.15, 0.2) is 18.2 Å². The molecule has 0 saturated carbocycles. The van der Waals surface area contributed by atoms with Gasteiger partial charge >= 0.3 is 0 Å². The van der Waals surface area contributed by atoms with Crippen molar-refractivity contribution >= 4 is 11.6 Å². The van der Waals surface area contributed by atoms with Crippen molar-refractivity contribution in [3.63, 3.8) is 0 Å². The van der Waals surface area contributed by atoms with Crippen LogP contribution in [0.5, 0.6) is 0 Å². The third-order valence-electron chi connectivity index (χ3n) is 3.70. The monoisotopic (exact) mass is 285 g/mol. The summed E-state index contributed by atoms with van der Waals surface area (Å²) in [5.41, 5.74) is 1.01. The van der Waals surface area contributed by atoms with Crippen LogP contribution in [-0.4, -0.2) is 13.1 Å². The van der Waals surface area contributed by atoms with Crippen LogP contribution < -0.4 is 5.32 Å². The number of nitrogens with one attached hydrogen (secondary N) is 1. The molecule has 0 aliphatic heterocycles. The van der Waals surface area contributed by atoms with Crippen molar-refractivity contribution in [1.82, 2.24) is 5.32 Å². The first-order valence-corrected chi connectivity index (χ1v) is 7.61. The van der Waals surface area contributed by atoms with E-state index in [1.54, 1.807) is 12.1 Å². The predicted octanol–water partition coefficient (Wildman–Crippen LogP) is 4.83. The van der Waals surface area contributed by atoms with Crippen LogP contribution in [0.3, 0.4) is 0 Å². The summed E-state index contributed by atoms with van der Waals surface area (Å²) in [6.45, 7) is 4.44. The molecule has 1 nitrogen and oxygen atoms in total. The SMILES string of the molecule is CCCC(CCC)C(Cc1ccc(Cl)c(F)c1)NC. The molecule has 1 rings (SSSR count). The van der Waals surface area contributed by atoms with E-state index in [2.05, 4.69) is 19.2 Å². The number of hydrogen-bond donors (Lipinski definition) is 1. The van der Waals surface area contributed by atoms with Gasteiger partial charge in [-0.05, 0) is 49.9 Å². The fourth-order valence-electron chi connectivity index (χ4n) is 2.71. The average molecular weight is 286 g/mol. The Balaban J connectivity index is 2.75. The highest BCUT2D eigenvalue weighted by atomic mass is 35.5. The number of rotatable bonds is 8. The lowest BCUT2D eigenvalue weighted by Crippen LogP contribution is -2.35. The van der Waals surface area contributed by atoms with E-state index < -0.39 is 0 Å². The molecule has 0 spiro atoms. The van der Waals surface area contributed by atoms with E-state index in [4.69, 9.17) is 11.6 Å². The van der Waals surface area contributed by atoms with Crippen LogP contribution in [-0.2, 0) is 6.42 Å².